The Labute approximate surface area is 152 Å². The number of rotatable bonds is 2. The predicted molar refractivity (Wildman–Crippen MR) is 101 cm³/mol. The third-order valence-electron chi connectivity index (χ3n) is 4.23. The fourth-order valence-corrected chi connectivity index (χ4v) is 3.90. The van der Waals surface area contributed by atoms with Crippen LogP contribution in [-0.2, 0) is 0 Å². The van der Waals surface area contributed by atoms with Crippen molar-refractivity contribution in [2.24, 2.45) is 0 Å². The summed E-state index contributed by atoms with van der Waals surface area (Å²) in [4.78, 5) is 14.7. The molecule has 0 bridgehead atoms. The maximum Gasteiger partial charge on any atom is 0.270 e. The largest absolute Gasteiger partial charge is 0.507 e. The van der Waals surface area contributed by atoms with Gasteiger partial charge in [0.2, 0.25) is 0 Å². The molecule has 6 heteroatoms. The van der Waals surface area contributed by atoms with E-state index in [1.54, 1.807) is 18.2 Å². The van der Waals surface area contributed by atoms with E-state index in [-0.39, 0.29) is 17.1 Å². The Bertz CT molecular complexity index is 1230. The van der Waals surface area contributed by atoms with Crippen LogP contribution in [0.15, 0.2) is 58.7 Å². The minimum Gasteiger partial charge on any atom is -0.507 e. The molecule has 0 fully saturated rings. The van der Waals surface area contributed by atoms with Crippen LogP contribution >= 0.6 is 11.3 Å². The molecule has 0 aliphatic rings. The monoisotopic (exact) mass is 360 g/mol. The number of para-hydroxylation sites is 1. The van der Waals surface area contributed by atoms with Crippen molar-refractivity contribution in [2.75, 3.05) is 0 Å². The molecule has 0 saturated carbocycles. The van der Waals surface area contributed by atoms with Crippen LogP contribution in [0.4, 0.5) is 0 Å². The summed E-state index contributed by atoms with van der Waals surface area (Å²) < 4.78 is 0.473. The average molecular weight is 360 g/mol. The van der Waals surface area contributed by atoms with Gasteiger partial charge in [0.25, 0.3) is 5.56 Å². The Morgan fingerprint density at radius 1 is 0.962 bits per heavy atom. The van der Waals surface area contributed by atoms with Crippen molar-refractivity contribution in [3.05, 3.63) is 69.8 Å². The molecule has 26 heavy (non-hydrogen) atoms. The molecule has 0 spiro atoms. The Morgan fingerprint density at radius 2 is 1.62 bits per heavy atom. The number of hydrogen-bond donors (Lipinski definition) is 3. The zero-order valence-corrected chi connectivity index (χ0v) is 14.2. The molecule has 0 saturated heterocycles. The maximum atomic E-state index is 12.0. The van der Waals surface area contributed by atoms with Crippen LogP contribution in [0.25, 0.3) is 32.5 Å². The number of aromatic nitrogens is 1. The van der Waals surface area contributed by atoms with E-state index >= 15 is 0 Å². The van der Waals surface area contributed by atoms with E-state index in [4.69, 9.17) is 5.26 Å². The highest BCUT2D eigenvalue weighted by Gasteiger charge is 2.16. The fraction of sp³-hybridized carbons (Fsp3) is 0. The van der Waals surface area contributed by atoms with Gasteiger partial charge in [-0.15, -0.1) is 11.3 Å². The van der Waals surface area contributed by atoms with E-state index < -0.39 is 5.56 Å². The molecule has 0 aliphatic carbocycles. The Kier molecular flexibility index (Phi) is 3.72. The minimum atomic E-state index is -0.608. The van der Waals surface area contributed by atoms with Gasteiger partial charge >= 0.3 is 0 Å². The first-order valence-electron chi connectivity index (χ1n) is 7.75. The third-order valence-corrected chi connectivity index (χ3v) is 5.22. The number of thiophene rings is 1. The van der Waals surface area contributed by atoms with Crippen molar-refractivity contribution >= 4 is 21.6 Å². The van der Waals surface area contributed by atoms with E-state index in [0.717, 1.165) is 22.3 Å². The van der Waals surface area contributed by atoms with Gasteiger partial charge in [0.1, 0.15) is 11.8 Å². The lowest BCUT2D eigenvalue weighted by Crippen LogP contribution is -2.09. The molecule has 0 atom stereocenters. The number of benzene rings is 2. The summed E-state index contributed by atoms with van der Waals surface area (Å²) in [7, 11) is 0. The van der Waals surface area contributed by atoms with E-state index in [0.29, 0.717) is 10.2 Å². The van der Waals surface area contributed by atoms with Crippen molar-refractivity contribution in [3.8, 4) is 39.8 Å². The van der Waals surface area contributed by atoms with Gasteiger partial charge in [-0.1, -0.05) is 42.5 Å². The number of phenolic OH excluding ortho intramolecular Hbond substituents is 1. The molecule has 5 nitrogen and oxygen atoms in total. The summed E-state index contributed by atoms with van der Waals surface area (Å²) in [6.45, 7) is 0. The summed E-state index contributed by atoms with van der Waals surface area (Å²) in [6, 6.07) is 16.4. The standard InChI is InChI=1S/C20H12N2O3S/c21-9-14-18(24)19-17(22-20(14)25)15(10-26-19)12-7-5-11(6-8-12)13-3-1-2-4-16(13)23/h1-8,10,23H,(H2,22,24,25). The molecular formula is C20H12N2O3S. The maximum absolute atomic E-state index is 12.0. The Hall–Kier alpha value is -3.56. The number of fused-ring (bicyclic) bond motifs is 1. The van der Waals surface area contributed by atoms with Crippen molar-refractivity contribution in [1.29, 1.82) is 5.26 Å². The van der Waals surface area contributed by atoms with Gasteiger partial charge in [-0.05, 0) is 17.2 Å². The number of nitrogens with zero attached hydrogens (tertiary/aromatic N) is 1. The highest BCUT2D eigenvalue weighted by Crippen LogP contribution is 2.38. The van der Waals surface area contributed by atoms with E-state index in [1.807, 2.05) is 41.8 Å². The predicted octanol–water partition coefficient (Wildman–Crippen LogP) is 4.21. The zero-order chi connectivity index (χ0) is 18.3. The van der Waals surface area contributed by atoms with Crippen molar-refractivity contribution in [3.63, 3.8) is 0 Å². The average Bonchev–Trinajstić information content (AvgIpc) is 3.06. The minimum absolute atomic E-state index is 0.208. The van der Waals surface area contributed by atoms with Crippen LogP contribution in [-0.4, -0.2) is 15.2 Å². The van der Waals surface area contributed by atoms with Crippen molar-refractivity contribution in [1.82, 2.24) is 4.98 Å². The zero-order valence-electron chi connectivity index (χ0n) is 13.4. The Morgan fingerprint density at radius 3 is 2.27 bits per heavy atom. The second-order valence-electron chi connectivity index (χ2n) is 5.74. The van der Waals surface area contributed by atoms with Gasteiger partial charge < -0.3 is 15.2 Å². The highest BCUT2D eigenvalue weighted by molar-refractivity contribution is 7.18. The highest BCUT2D eigenvalue weighted by atomic mass is 32.1. The molecule has 3 N–H and O–H groups in total. The van der Waals surface area contributed by atoms with Crippen LogP contribution in [0.3, 0.4) is 0 Å². The van der Waals surface area contributed by atoms with Gasteiger partial charge in [0.15, 0.2) is 11.3 Å². The number of H-pyrrole nitrogens is 1. The topological polar surface area (TPSA) is 97.1 Å². The van der Waals surface area contributed by atoms with Gasteiger partial charge in [-0.25, -0.2) is 0 Å². The van der Waals surface area contributed by atoms with E-state index in [1.165, 1.54) is 11.3 Å². The van der Waals surface area contributed by atoms with Crippen LogP contribution in [0, 0.1) is 11.3 Å². The second-order valence-corrected chi connectivity index (χ2v) is 6.62. The van der Waals surface area contributed by atoms with Gasteiger partial charge in [-0.3, -0.25) is 4.79 Å². The van der Waals surface area contributed by atoms with Gasteiger partial charge in [-0.2, -0.15) is 5.26 Å². The number of hydrogen-bond acceptors (Lipinski definition) is 5. The lowest BCUT2D eigenvalue weighted by molar-refractivity contribution is 0.477. The summed E-state index contributed by atoms with van der Waals surface area (Å²) in [5.74, 6) is -0.0761. The van der Waals surface area contributed by atoms with Crippen LogP contribution < -0.4 is 5.56 Å². The third kappa shape index (κ3) is 2.42. The molecule has 2 aromatic heterocycles. The summed E-state index contributed by atoms with van der Waals surface area (Å²) in [6.07, 6.45) is 0. The van der Waals surface area contributed by atoms with Gasteiger partial charge in [0, 0.05) is 16.5 Å². The Balaban J connectivity index is 1.83. The number of pyridine rings is 1. The molecule has 126 valence electrons. The van der Waals surface area contributed by atoms with Crippen molar-refractivity contribution in [2.45, 2.75) is 0 Å². The van der Waals surface area contributed by atoms with Crippen LogP contribution in [0.1, 0.15) is 5.56 Å². The molecule has 2 heterocycles. The summed E-state index contributed by atoms with van der Waals surface area (Å²) in [5.41, 5.74) is 2.85. The first-order valence-corrected chi connectivity index (χ1v) is 8.63. The first-order chi connectivity index (χ1) is 12.6. The normalized spacial score (nSPS) is 10.7. The number of phenols is 1. The number of aromatic amines is 1. The number of nitrogens with one attached hydrogen (secondary N) is 1. The molecule has 4 aromatic rings. The number of aromatic hydroxyl groups is 2. The van der Waals surface area contributed by atoms with Crippen molar-refractivity contribution < 1.29 is 10.2 Å². The molecule has 0 amide bonds. The van der Waals surface area contributed by atoms with Crippen LogP contribution in [0.5, 0.6) is 11.5 Å². The molecule has 0 unspecified atom stereocenters. The molecule has 0 aliphatic heterocycles. The lowest BCUT2D eigenvalue weighted by atomic mass is 10.0. The molecule has 0 radical (unpaired) electrons. The SMILES string of the molecule is N#Cc1c(O)c2scc(-c3ccc(-c4ccccc4O)cc3)c2[nH]c1=O. The van der Waals surface area contributed by atoms with Crippen LogP contribution in [0.2, 0.25) is 0 Å². The van der Waals surface area contributed by atoms with E-state index in [2.05, 4.69) is 4.98 Å². The summed E-state index contributed by atoms with van der Waals surface area (Å²) in [5, 5.41) is 31.0. The molecule has 4 rings (SSSR count). The lowest BCUT2D eigenvalue weighted by Gasteiger charge is -2.06. The molecular weight excluding hydrogens is 348 g/mol. The molecule has 2 aromatic carbocycles. The fourth-order valence-electron chi connectivity index (χ4n) is 2.92. The van der Waals surface area contributed by atoms with Gasteiger partial charge in [0.05, 0.1) is 10.2 Å². The smallest absolute Gasteiger partial charge is 0.270 e. The quantitative estimate of drug-likeness (QED) is 0.499. The first kappa shape index (κ1) is 15.9. The summed E-state index contributed by atoms with van der Waals surface area (Å²) >= 11 is 1.27. The second kappa shape index (κ2) is 6.06. The van der Waals surface area contributed by atoms with E-state index in [9.17, 15) is 15.0 Å². The number of nitriles is 1.